The van der Waals surface area contributed by atoms with Crippen LogP contribution in [0.2, 0.25) is 5.02 Å². The number of benzene rings is 1. The normalized spacial score (nSPS) is 13.8. The third-order valence-corrected chi connectivity index (χ3v) is 4.43. The second kappa shape index (κ2) is 6.17. The van der Waals surface area contributed by atoms with Crippen molar-refractivity contribution in [3.63, 3.8) is 0 Å². The highest BCUT2D eigenvalue weighted by Crippen LogP contribution is 2.30. The van der Waals surface area contributed by atoms with E-state index in [2.05, 4.69) is 15.9 Å². The van der Waals surface area contributed by atoms with Gasteiger partial charge < -0.3 is 0 Å². The molecule has 0 amide bonds. The van der Waals surface area contributed by atoms with Crippen LogP contribution in [0.3, 0.4) is 0 Å². The topological polar surface area (TPSA) is 0 Å². The molecule has 0 heterocycles. The molecule has 0 nitrogen and oxygen atoms in total. The summed E-state index contributed by atoms with van der Waals surface area (Å²) in [6, 6.07) is 7.08. The predicted molar refractivity (Wildman–Crippen MR) is 66.4 cm³/mol. The van der Waals surface area contributed by atoms with Crippen LogP contribution in [0.1, 0.15) is 5.56 Å². The van der Waals surface area contributed by atoms with E-state index in [1.165, 1.54) is 11.8 Å². The smallest absolute Gasteiger partial charge is 0.170 e. The highest BCUT2D eigenvalue weighted by molar-refractivity contribution is 9.09. The summed E-state index contributed by atoms with van der Waals surface area (Å²) in [6.07, 6.45) is -4.17. The van der Waals surface area contributed by atoms with Crippen LogP contribution in [0, 0.1) is 0 Å². The fourth-order valence-electron chi connectivity index (χ4n) is 0.955. The molecule has 0 fully saturated rings. The Kier molecular flexibility index (Phi) is 5.47. The van der Waals surface area contributed by atoms with Crippen LogP contribution >= 0.6 is 39.3 Å². The molecule has 0 saturated heterocycles. The first kappa shape index (κ1) is 14.2. The van der Waals surface area contributed by atoms with E-state index >= 15 is 0 Å². The molecule has 0 N–H and O–H groups in total. The van der Waals surface area contributed by atoms with Crippen molar-refractivity contribution < 1.29 is 13.2 Å². The van der Waals surface area contributed by atoms with Gasteiger partial charge in [-0.3, -0.25) is 0 Å². The van der Waals surface area contributed by atoms with Crippen molar-refractivity contribution >= 4 is 39.3 Å². The third kappa shape index (κ3) is 4.97. The van der Waals surface area contributed by atoms with E-state index in [0.717, 1.165) is 5.56 Å². The first-order chi connectivity index (χ1) is 7.39. The summed E-state index contributed by atoms with van der Waals surface area (Å²) in [6.45, 7) is 0. The van der Waals surface area contributed by atoms with Crippen LogP contribution in [0.25, 0.3) is 0 Å². The highest BCUT2D eigenvalue weighted by atomic mass is 79.9. The number of halogens is 5. The van der Waals surface area contributed by atoms with Crippen molar-refractivity contribution in [2.75, 3.05) is 5.75 Å². The van der Waals surface area contributed by atoms with E-state index in [0.29, 0.717) is 10.8 Å². The lowest BCUT2D eigenvalue weighted by atomic mass is 10.2. The number of rotatable bonds is 4. The van der Waals surface area contributed by atoms with Crippen LogP contribution in [-0.4, -0.2) is 16.8 Å². The minimum atomic E-state index is -4.17. The zero-order valence-corrected chi connectivity index (χ0v) is 11.3. The van der Waals surface area contributed by atoms with E-state index in [-0.39, 0.29) is 5.75 Å². The molecule has 1 rings (SSSR count). The Bertz CT molecular complexity index is 326. The lowest BCUT2D eigenvalue weighted by molar-refractivity contribution is -0.122. The Morgan fingerprint density at radius 1 is 1.25 bits per heavy atom. The molecule has 90 valence electrons. The van der Waals surface area contributed by atoms with E-state index in [1.54, 1.807) is 12.1 Å². The van der Waals surface area contributed by atoms with E-state index in [1.807, 2.05) is 12.1 Å². The van der Waals surface area contributed by atoms with E-state index in [4.69, 9.17) is 11.6 Å². The maximum atomic E-state index is 12.2. The summed E-state index contributed by atoms with van der Waals surface area (Å²) in [7, 11) is 0. The number of hydrogen-bond donors (Lipinski definition) is 0. The van der Waals surface area contributed by atoms with Gasteiger partial charge in [0.05, 0.1) is 0 Å². The molecule has 1 atom stereocenters. The Hall–Kier alpha value is 0.130. The van der Waals surface area contributed by atoms with Gasteiger partial charge in [-0.05, 0) is 17.7 Å². The van der Waals surface area contributed by atoms with E-state index < -0.39 is 11.0 Å². The predicted octanol–water partition coefficient (Wildman–Crippen LogP) is 4.90. The quantitative estimate of drug-likeness (QED) is 0.706. The van der Waals surface area contributed by atoms with Gasteiger partial charge in [0.1, 0.15) is 4.83 Å². The van der Waals surface area contributed by atoms with Crippen molar-refractivity contribution in [3.05, 3.63) is 34.9 Å². The van der Waals surface area contributed by atoms with Gasteiger partial charge in [-0.1, -0.05) is 39.7 Å². The van der Waals surface area contributed by atoms with E-state index in [9.17, 15) is 13.2 Å². The highest BCUT2D eigenvalue weighted by Gasteiger charge is 2.37. The number of alkyl halides is 4. The van der Waals surface area contributed by atoms with Crippen LogP contribution in [0.4, 0.5) is 13.2 Å². The molecule has 16 heavy (non-hydrogen) atoms. The Morgan fingerprint density at radius 2 is 1.81 bits per heavy atom. The summed E-state index contributed by atoms with van der Waals surface area (Å²) in [4.78, 5) is -1.45. The van der Waals surface area contributed by atoms with Crippen molar-refractivity contribution in [2.24, 2.45) is 0 Å². The van der Waals surface area contributed by atoms with Crippen LogP contribution in [0.5, 0.6) is 0 Å². The average molecular weight is 334 g/mol. The molecule has 0 bridgehead atoms. The van der Waals surface area contributed by atoms with Crippen molar-refractivity contribution in [3.8, 4) is 0 Å². The monoisotopic (exact) mass is 332 g/mol. The van der Waals surface area contributed by atoms with Crippen LogP contribution < -0.4 is 0 Å². The molecule has 0 saturated carbocycles. The SMILES string of the molecule is FC(F)(F)C(Br)CSCc1ccc(Cl)cc1. The molecule has 1 unspecified atom stereocenters. The Labute approximate surface area is 110 Å². The van der Waals surface area contributed by atoms with Gasteiger partial charge in [0.15, 0.2) is 0 Å². The summed E-state index contributed by atoms with van der Waals surface area (Å²) >= 11 is 9.55. The zero-order chi connectivity index (χ0) is 12.2. The lowest BCUT2D eigenvalue weighted by Gasteiger charge is -2.13. The van der Waals surface area contributed by atoms with Gasteiger partial charge in [-0.15, -0.1) is 0 Å². The summed E-state index contributed by atoms with van der Waals surface area (Å²) in [5.74, 6) is 0.557. The van der Waals surface area contributed by atoms with Crippen LogP contribution in [-0.2, 0) is 5.75 Å². The molecule has 1 aromatic carbocycles. The lowest BCUT2D eigenvalue weighted by Crippen LogP contribution is -2.24. The third-order valence-electron chi connectivity index (χ3n) is 1.80. The standard InChI is InChI=1S/C10H9BrClF3S/c11-9(10(13,14)15)6-16-5-7-1-3-8(12)4-2-7/h1-4,9H,5-6H2. The largest absolute Gasteiger partial charge is 0.402 e. The van der Waals surface area contributed by atoms with Gasteiger partial charge in [-0.2, -0.15) is 24.9 Å². The van der Waals surface area contributed by atoms with Gasteiger partial charge in [0, 0.05) is 16.5 Å². The maximum Gasteiger partial charge on any atom is 0.402 e. The minimum Gasteiger partial charge on any atom is -0.170 e. The minimum absolute atomic E-state index is 0.00608. The summed E-state index contributed by atoms with van der Waals surface area (Å²) in [5.41, 5.74) is 0.969. The van der Waals surface area contributed by atoms with Gasteiger partial charge in [0.2, 0.25) is 0 Å². The van der Waals surface area contributed by atoms with Gasteiger partial charge >= 0.3 is 6.18 Å². The first-order valence-electron chi connectivity index (χ1n) is 4.42. The average Bonchev–Trinajstić information content (AvgIpc) is 2.19. The van der Waals surface area contributed by atoms with Gasteiger partial charge in [0.25, 0.3) is 0 Å². The van der Waals surface area contributed by atoms with Gasteiger partial charge in [-0.25, -0.2) is 0 Å². The number of thioether (sulfide) groups is 1. The molecular formula is C10H9BrClF3S. The fraction of sp³-hybridized carbons (Fsp3) is 0.400. The molecular weight excluding hydrogens is 325 g/mol. The molecule has 0 aliphatic rings. The fourth-order valence-corrected chi connectivity index (χ4v) is 2.58. The molecule has 0 aliphatic carbocycles. The molecule has 0 aliphatic heterocycles. The molecule has 0 spiro atoms. The second-order valence-corrected chi connectivity index (χ2v) is 5.72. The Balaban J connectivity index is 2.33. The Morgan fingerprint density at radius 3 is 2.31 bits per heavy atom. The molecule has 0 aromatic heterocycles. The van der Waals surface area contributed by atoms with Crippen molar-refractivity contribution in [1.29, 1.82) is 0 Å². The first-order valence-corrected chi connectivity index (χ1v) is 6.87. The summed E-state index contributed by atoms with van der Waals surface area (Å²) in [5, 5.41) is 0.627. The summed E-state index contributed by atoms with van der Waals surface area (Å²) < 4.78 is 36.5. The molecule has 1 aromatic rings. The molecule has 0 radical (unpaired) electrons. The molecule has 6 heteroatoms. The maximum absolute atomic E-state index is 12.2. The number of hydrogen-bond acceptors (Lipinski definition) is 1. The van der Waals surface area contributed by atoms with Crippen molar-refractivity contribution in [2.45, 2.75) is 16.8 Å². The van der Waals surface area contributed by atoms with Crippen molar-refractivity contribution in [1.82, 2.24) is 0 Å². The van der Waals surface area contributed by atoms with Crippen LogP contribution in [0.15, 0.2) is 24.3 Å². The zero-order valence-electron chi connectivity index (χ0n) is 8.10. The second-order valence-electron chi connectivity index (χ2n) is 3.15.